The molecule has 0 aromatic carbocycles. The van der Waals surface area contributed by atoms with Crippen LogP contribution < -0.4 is 27.0 Å². The second kappa shape index (κ2) is 12.9. The molecular formula is C22H27BrClN11O4. The fourth-order valence-corrected chi connectivity index (χ4v) is 3.39. The molecule has 3 aromatic heterocycles. The minimum absolute atomic E-state index is 0. The highest BCUT2D eigenvalue weighted by atomic mass is 79.9. The number of carbonyl (C=O) groups is 4. The Morgan fingerprint density at radius 2 is 1.67 bits per heavy atom. The number of rotatable bonds is 10. The summed E-state index contributed by atoms with van der Waals surface area (Å²) in [5, 5.41) is 21.8. The Morgan fingerprint density at radius 1 is 0.974 bits per heavy atom. The summed E-state index contributed by atoms with van der Waals surface area (Å²) < 4.78 is 4.37. The molecule has 15 nitrogen and oxygen atoms in total. The highest BCUT2D eigenvalue weighted by Gasteiger charge is 2.20. The van der Waals surface area contributed by atoms with Gasteiger partial charge in [-0.05, 0) is 22.0 Å². The zero-order valence-corrected chi connectivity index (χ0v) is 23.6. The molecule has 17 heteroatoms. The van der Waals surface area contributed by atoms with Gasteiger partial charge in [0.15, 0.2) is 11.6 Å². The van der Waals surface area contributed by atoms with E-state index in [4.69, 9.17) is 11.1 Å². The van der Waals surface area contributed by atoms with Crippen molar-refractivity contribution < 1.29 is 19.2 Å². The van der Waals surface area contributed by atoms with E-state index in [2.05, 4.69) is 53.9 Å². The lowest BCUT2D eigenvalue weighted by Crippen LogP contribution is -2.29. The quantitative estimate of drug-likeness (QED) is 0.111. The van der Waals surface area contributed by atoms with Gasteiger partial charge in [-0.1, -0.05) is 6.58 Å². The average Bonchev–Trinajstić information content (AvgIpc) is 3.49. The topological polar surface area (TPSA) is 207 Å². The predicted octanol–water partition coefficient (Wildman–Crippen LogP) is 1.32. The number of hydrogen-bond donors (Lipinski definition) is 6. The van der Waals surface area contributed by atoms with Gasteiger partial charge in [0.25, 0.3) is 23.6 Å². The van der Waals surface area contributed by atoms with Gasteiger partial charge in [-0.3, -0.25) is 29.3 Å². The molecule has 7 N–H and O–H groups in total. The second-order valence-corrected chi connectivity index (χ2v) is 9.08. The number of hydrogen-bond acceptors (Lipinski definition) is 7. The predicted molar refractivity (Wildman–Crippen MR) is 151 cm³/mol. The lowest BCUT2D eigenvalue weighted by Gasteiger charge is -2.03. The van der Waals surface area contributed by atoms with Crippen LogP contribution in [0.5, 0.6) is 0 Å². The molecule has 3 heterocycles. The zero-order chi connectivity index (χ0) is 28.1. The summed E-state index contributed by atoms with van der Waals surface area (Å²) in [4.78, 5) is 53.8. The summed E-state index contributed by atoms with van der Waals surface area (Å²) in [5.41, 5.74) is 6.03. The van der Waals surface area contributed by atoms with Crippen LogP contribution in [-0.4, -0.2) is 59.9 Å². The van der Waals surface area contributed by atoms with Crippen LogP contribution >= 0.6 is 28.3 Å². The first kappa shape index (κ1) is 30.8. The first-order chi connectivity index (χ1) is 17.8. The van der Waals surface area contributed by atoms with Gasteiger partial charge in [-0.2, -0.15) is 5.10 Å². The number of amidine groups is 1. The Bertz CT molecular complexity index is 1460. The zero-order valence-electron chi connectivity index (χ0n) is 21.2. The van der Waals surface area contributed by atoms with Crippen LogP contribution in [0.15, 0.2) is 35.6 Å². The maximum atomic E-state index is 12.9. The van der Waals surface area contributed by atoms with E-state index in [1.807, 2.05) is 0 Å². The minimum atomic E-state index is -0.562. The van der Waals surface area contributed by atoms with E-state index in [1.54, 1.807) is 27.3 Å². The molecule has 3 rings (SSSR count). The SMILES string of the molecule is C=C(Br)C(=O)Nc1cn(C)c(C(=O)Nc2cc(C(=O)Nc3cc(C(=O)NCCC(=N)N)n(C)n3)n(C)c2)n1.Cl. The Morgan fingerprint density at radius 3 is 2.31 bits per heavy atom. The second-order valence-electron chi connectivity index (χ2n) is 8.12. The number of anilines is 3. The van der Waals surface area contributed by atoms with Gasteiger partial charge in [-0.15, -0.1) is 12.4 Å². The molecule has 0 radical (unpaired) electrons. The number of aromatic nitrogens is 5. The van der Waals surface area contributed by atoms with Crippen LogP contribution in [0, 0.1) is 5.41 Å². The maximum absolute atomic E-state index is 12.9. The molecule has 208 valence electrons. The molecule has 3 aromatic rings. The molecule has 0 unspecified atom stereocenters. The number of nitrogens with one attached hydrogen (secondary N) is 5. The number of imidazole rings is 1. The molecule has 39 heavy (non-hydrogen) atoms. The van der Waals surface area contributed by atoms with Gasteiger partial charge < -0.3 is 36.1 Å². The van der Waals surface area contributed by atoms with Gasteiger partial charge in [0.05, 0.1) is 16.0 Å². The first-order valence-electron chi connectivity index (χ1n) is 11.0. The highest BCUT2D eigenvalue weighted by Crippen LogP contribution is 2.17. The smallest absolute Gasteiger partial charge is 0.291 e. The van der Waals surface area contributed by atoms with Crippen LogP contribution in [0.3, 0.4) is 0 Å². The molecule has 0 fully saturated rings. The van der Waals surface area contributed by atoms with E-state index in [0.717, 1.165) is 0 Å². The molecule has 0 atom stereocenters. The minimum Gasteiger partial charge on any atom is -0.388 e. The van der Waals surface area contributed by atoms with E-state index in [9.17, 15) is 19.2 Å². The standard InChI is InChI=1S/C22H26BrN11O4.ClH/c1-11(23)19(35)30-17-10-33(3)18(28-17)22(38)27-12-7-13(32(2)9-12)21(37)29-16-8-14(34(4)31-16)20(36)26-6-5-15(24)25;/h7-10H,1,5-6H2,2-4H3,(H3,24,25)(H,26,36)(H,27,38)(H,30,35)(H,29,31,37);1H. The lowest BCUT2D eigenvalue weighted by molar-refractivity contribution is -0.112. The highest BCUT2D eigenvalue weighted by molar-refractivity contribution is 9.12. The summed E-state index contributed by atoms with van der Waals surface area (Å²) >= 11 is 2.97. The van der Waals surface area contributed by atoms with Crippen LogP contribution in [-0.2, 0) is 25.9 Å². The van der Waals surface area contributed by atoms with Crippen molar-refractivity contribution in [3.8, 4) is 0 Å². The third-order valence-corrected chi connectivity index (χ3v) is 5.46. The van der Waals surface area contributed by atoms with Crippen molar-refractivity contribution in [1.29, 1.82) is 5.41 Å². The number of carbonyl (C=O) groups excluding carboxylic acids is 4. The Kier molecular flexibility index (Phi) is 10.2. The molecule has 0 aliphatic heterocycles. The summed E-state index contributed by atoms with van der Waals surface area (Å²) in [6.45, 7) is 3.67. The van der Waals surface area contributed by atoms with Crippen molar-refractivity contribution in [1.82, 2.24) is 29.2 Å². The van der Waals surface area contributed by atoms with Crippen LogP contribution in [0.25, 0.3) is 0 Å². The van der Waals surface area contributed by atoms with Crippen molar-refractivity contribution in [2.24, 2.45) is 26.9 Å². The molecule has 0 saturated carbocycles. The molecular weight excluding hydrogens is 598 g/mol. The summed E-state index contributed by atoms with van der Waals surface area (Å²) in [6, 6.07) is 2.88. The van der Waals surface area contributed by atoms with Crippen molar-refractivity contribution in [2.75, 3.05) is 22.5 Å². The lowest BCUT2D eigenvalue weighted by atomic mass is 10.3. The van der Waals surface area contributed by atoms with E-state index >= 15 is 0 Å². The van der Waals surface area contributed by atoms with E-state index in [1.165, 1.54) is 32.1 Å². The van der Waals surface area contributed by atoms with Gasteiger partial charge in [0, 0.05) is 52.6 Å². The van der Waals surface area contributed by atoms with Crippen molar-refractivity contribution in [2.45, 2.75) is 6.42 Å². The van der Waals surface area contributed by atoms with E-state index in [0.29, 0.717) is 5.69 Å². The van der Waals surface area contributed by atoms with Crippen molar-refractivity contribution in [3.63, 3.8) is 0 Å². The van der Waals surface area contributed by atoms with Crippen LogP contribution in [0.1, 0.15) is 38.0 Å². The average molecular weight is 625 g/mol. The Balaban J connectivity index is 0.00000533. The number of nitrogens with zero attached hydrogens (tertiary/aromatic N) is 5. The fraction of sp³-hybridized carbons (Fsp3) is 0.227. The third kappa shape index (κ3) is 7.78. The summed E-state index contributed by atoms with van der Waals surface area (Å²) in [7, 11) is 4.77. The number of aryl methyl sites for hydroxylation is 3. The van der Waals surface area contributed by atoms with E-state index < -0.39 is 23.6 Å². The molecule has 4 amide bonds. The normalized spacial score (nSPS) is 10.3. The van der Waals surface area contributed by atoms with Crippen molar-refractivity contribution >= 4 is 75.1 Å². The van der Waals surface area contributed by atoms with Crippen molar-refractivity contribution in [3.05, 3.63) is 52.8 Å². The Hall–Kier alpha value is -4.44. The van der Waals surface area contributed by atoms with E-state index in [-0.39, 0.29) is 64.5 Å². The largest absolute Gasteiger partial charge is 0.388 e. The summed E-state index contributed by atoms with van der Waals surface area (Å²) in [5.74, 6) is -1.72. The van der Waals surface area contributed by atoms with Gasteiger partial charge in [0.2, 0.25) is 5.82 Å². The molecule has 0 aliphatic carbocycles. The fourth-order valence-electron chi connectivity index (χ4n) is 3.29. The monoisotopic (exact) mass is 623 g/mol. The number of halogens is 2. The van der Waals surface area contributed by atoms with Gasteiger partial charge in [0.1, 0.15) is 11.4 Å². The number of nitrogens with two attached hydrogens (primary N) is 1. The first-order valence-corrected chi connectivity index (χ1v) is 11.8. The summed E-state index contributed by atoms with van der Waals surface area (Å²) in [6.07, 6.45) is 3.22. The van der Waals surface area contributed by atoms with Gasteiger partial charge in [-0.25, -0.2) is 4.98 Å². The number of amides is 4. The molecule has 0 saturated heterocycles. The molecule has 0 spiro atoms. The maximum Gasteiger partial charge on any atom is 0.291 e. The van der Waals surface area contributed by atoms with Gasteiger partial charge >= 0.3 is 0 Å². The third-order valence-electron chi connectivity index (χ3n) is 5.10. The Labute approximate surface area is 237 Å². The van der Waals surface area contributed by atoms with Crippen LogP contribution in [0.2, 0.25) is 0 Å². The molecule has 0 bridgehead atoms. The molecule has 0 aliphatic rings. The van der Waals surface area contributed by atoms with Crippen LogP contribution in [0.4, 0.5) is 17.3 Å².